The number of rotatable bonds is 11. The molecular weight excluding hydrogens is 298 g/mol. The standard InChI is InChI=1S/C12H23N3O5S/c1-19-8-3-4-15(6-9-20-2)21(17,18)12-10-13-14(11-12)5-7-16/h10-11,16H,3-9H2,1-2H3. The van der Waals surface area contributed by atoms with Gasteiger partial charge in [-0.15, -0.1) is 0 Å². The molecule has 0 saturated carbocycles. The van der Waals surface area contributed by atoms with Gasteiger partial charge in [0.25, 0.3) is 0 Å². The van der Waals surface area contributed by atoms with Crippen molar-refractivity contribution in [1.82, 2.24) is 14.1 Å². The van der Waals surface area contributed by atoms with E-state index >= 15 is 0 Å². The summed E-state index contributed by atoms with van der Waals surface area (Å²) in [6, 6.07) is 0. The van der Waals surface area contributed by atoms with Crippen LogP contribution in [0.2, 0.25) is 0 Å². The van der Waals surface area contributed by atoms with Gasteiger partial charge in [0.15, 0.2) is 0 Å². The van der Waals surface area contributed by atoms with Gasteiger partial charge in [-0.3, -0.25) is 4.68 Å². The molecule has 0 amide bonds. The lowest BCUT2D eigenvalue weighted by atomic mass is 10.4. The summed E-state index contributed by atoms with van der Waals surface area (Å²) in [6.45, 7) is 1.60. The van der Waals surface area contributed by atoms with Gasteiger partial charge in [-0.1, -0.05) is 0 Å². The van der Waals surface area contributed by atoms with Crippen molar-refractivity contribution in [1.29, 1.82) is 0 Å². The molecule has 8 nitrogen and oxygen atoms in total. The van der Waals surface area contributed by atoms with Crippen LogP contribution in [0.3, 0.4) is 0 Å². The van der Waals surface area contributed by atoms with Gasteiger partial charge in [0.1, 0.15) is 4.90 Å². The van der Waals surface area contributed by atoms with Gasteiger partial charge in [0.05, 0.1) is 26.0 Å². The molecule has 1 aromatic rings. The number of aliphatic hydroxyl groups is 1. The van der Waals surface area contributed by atoms with Crippen LogP contribution in [-0.4, -0.2) is 74.7 Å². The molecule has 0 spiro atoms. The zero-order valence-electron chi connectivity index (χ0n) is 12.4. The van der Waals surface area contributed by atoms with Gasteiger partial charge in [-0.25, -0.2) is 8.42 Å². The number of ether oxygens (including phenoxy) is 2. The molecule has 21 heavy (non-hydrogen) atoms. The van der Waals surface area contributed by atoms with Crippen LogP contribution in [0.5, 0.6) is 0 Å². The lowest BCUT2D eigenvalue weighted by Crippen LogP contribution is -2.35. The fraction of sp³-hybridized carbons (Fsp3) is 0.750. The Hall–Kier alpha value is -1.00. The minimum absolute atomic E-state index is 0.0948. The van der Waals surface area contributed by atoms with Crippen LogP contribution in [0, 0.1) is 0 Å². The van der Waals surface area contributed by atoms with E-state index in [1.165, 1.54) is 28.5 Å². The minimum Gasteiger partial charge on any atom is -0.394 e. The van der Waals surface area contributed by atoms with Crippen LogP contribution in [0.15, 0.2) is 17.3 Å². The molecule has 0 aromatic carbocycles. The minimum atomic E-state index is -3.62. The molecule has 1 rings (SSSR count). The van der Waals surface area contributed by atoms with Gasteiger partial charge < -0.3 is 14.6 Å². The highest BCUT2D eigenvalue weighted by Crippen LogP contribution is 2.15. The highest BCUT2D eigenvalue weighted by Gasteiger charge is 2.25. The molecule has 0 aliphatic heterocycles. The Labute approximate surface area is 125 Å². The van der Waals surface area contributed by atoms with Crippen molar-refractivity contribution in [3.8, 4) is 0 Å². The number of aliphatic hydroxyl groups excluding tert-OH is 1. The first-order valence-corrected chi connectivity index (χ1v) is 8.11. The number of hydrogen-bond acceptors (Lipinski definition) is 6. The fourth-order valence-electron chi connectivity index (χ4n) is 1.78. The Bertz CT molecular complexity index is 503. The van der Waals surface area contributed by atoms with Crippen molar-refractivity contribution < 1.29 is 23.0 Å². The van der Waals surface area contributed by atoms with Crippen molar-refractivity contribution in [3.63, 3.8) is 0 Å². The van der Waals surface area contributed by atoms with Gasteiger partial charge in [-0.05, 0) is 6.42 Å². The molecule has 0 radical (unpaired) electrons. The largest absolute Gasteiger partial charge is 0.394 e. The van der Waals surface area contributed by atoms with Gasteiger partial charge in [0.2, 0.25) is 10.0 Å². The van der Waals surface area contributed by atoms with Crippen molar-refractivity contribution >= 4 is 10.0 Å². The van der Waals surface area contributed by atoms with Gasteiger partial charge in [0, 0.05) is 40.1 Å². The smallest absolute Gasteiger partial charge is 0.246 e. The summed E-state index contributed by atoms with van der Waals surface area (Å²) >= 11 is 0. The average Bonchev–Trinajstić information content (AvgIpc) is 2.92. The Morgan fingerprint density at radius 3 is 2.62 bits per heavy atom. The molecule has 1 N–H and O–H groups in total. The molecule has 0 bridgehead atoms. The SMILES string of the molecule is COCCCN(CCOC)S(=O)(=O)c1cnn(CCO)c1. The third-order valence-electron chi connectivity index (χ3n) is 2.88. The highest BCUT2D eigenvalue weighted by molar-refractivity contribution is 7.89. The maximum atomic E-state index is 12.6. The quantitative estimate of drug-likeness (QED) is 0.555. The maximum absolute atomic E-state index is 12.6. The van der Waals surface area contributed by atoms with E-state index < -0.39 is 10.0 Å². The molecule has 0 saturated heterocycles. The Morgan fingerprint density at radius 2 is 2.00 bits per heavy atom. The van der Waals surface area contributed by atoms with Crippen molar-refractivity contribution in [3.05, 3.63) is 12.4 Å². The molecule has 0 aliphatic carbocycles. The monoisotopic (exact) mass is 321 g/mol. The van der Waals surface area contributed by atoms with E-state index in [9.17, 15) is 8.42 Å². The topological polar surface area (TPSA) is 93.9 Å². The molecule has 0 unspecified atom stereocenters. The number of hydrogen-bond donors (Lipinski definition) is 1. The van der Waals surface area contributed by atoms with Crippen LogP contribution in [0.25, 0.3) is 0 Å². The van der Waals surface area contributed by atoms with Crippen LogP contribution in [0.1, 0.15) is 6.42 Å². The van der Waals surface area contributed by atoms with E-state index in [-0.39, 0.29) is 24.6 Å². The van der Waals surface area contributed by atoms with Crippen LogP contribution in [0.4, 0.5) is 0 Å². The van der Waals surface area contributed by atoms with E-state index in [2.05, 4.69) is 5.10 Å². The van der Waals surface area contributed by atoms with E-state index in [1.807, 2.05) is 0 Å². The van der Waals surface area contributed by atoms with Crippen LogP contribution >= 0.6 is 0 Å². The molecule has 9 heteroatoms. The predicted molar refractivity (Wildman–Crippen MR) is 76.4 cm³/mol. The third kappa shape index (κ3) is 5.36. The molecule has 1 aromatic heterocycles. The molecule has 1 heterocycles. The predicted octanol–water partition coefficient (Wildman–Crippen LogP) is -0.451. The maximum Gasteiger partial charge on any atom is 0.246 e. The zero-order valence-corrected chi connectivity index (χ0v) is 13.3. The molecule has 0 atom stereocenters. The van der Waals surface area contributed by atoms with E-state index in [0.29, 0.717) is 26.2 Å². The lowest BCUT2D eigenvalue weighted by molar-refractivity contribution is 0.164. The van der Waals surface area contributed by atoms with Crippen LogP contribution < -0.4 is 0 Å². The van der Waals surface area contributed by atoms with Crippen molar-refractivity contribution in [2.45, 2.75) is 17.9 Å². The van der Waals surface area contributed by atoms with E-state index in [4.69, 9.17) is 14.6 Å². The lowest BCUT2D eigenvalue weighted by Gasteiger charge is -2.20. The number of methoxy groups -OCH3 is 2. The molecule has 122 valence electrons. The number of nitrogens with zero attached hydrogens (tertiary/aromatic N) is 3. The Balaban J connectivity index is 2.84. The second kappa shape index (κ2) is 9.11. The summed E-state index contributed by atoms with van der Waals surface area (Å²) in [5.74, 6) is 0. The van der Waals surface area contributed by atoms with E-state index in [0.717, 1.165) is 0 Å². The second-order valence-electron chi connectivity index (χ2n) is 4.41. The summed E-state index contributed by atoms with van der Waals surface area (Å²) < 4.78 is 37.8. The van der Waals surface area contributed by atoms with Gasteiger partial charge in [-0.2, -0.15) is 9.40 Å². The first kappa shape index (κ1) is 18.1. The molecular formula is C12H23N3O5S. The van der Waals surface area contributed by atoms with E-state index in [1.54, 1.807) is 7.11 Å². The zero-order chi connectivity index (χ0) is 15.7. The molecule has 0 aliphatic rings. The highest BCUT2D eigenvalue weighted by atomic mass is 32.2. The third-order valence-corrected chi connectivity index (χ3v) is 4.73. The number of sulfonamides is 1. The van der Waals surface area contributed by atoms with Crippen LogP contribution in [-0.2, 0) is 26.0 Å². The Morgan fingerprint density at radius 1 is 1.29 bits per heavy atom. The summed E-state index contributed by atoms with van der Waals surface area (Å²) in [5, 5.41) is 12.8. The van der Waals surface area contributed by atoms with Crippen molar-refractivity contribution in [2.24, 2.45) is 0 Å². The summed E-state index contributed by atoms with van der Waals surface area (Å²) in [4.78, 5) is 0.115. The first-order valence-electron chi connectivity index (χ1n) is 6.67. The Kier molecular flexibility index (Phi) is 7.83. The summed E-state index contributed by atoms with van der Waals surface area (Å²) in [5.41, 5.74) is 0. The molecule has 0 fully saturated rings. The first-order chi connectivity index (χ1) is 10.1. The summed E-state index contributed by atoms with van der Waals surface area (Å²) in [7, 11) is -0.515. The number of aromatic nitrogens is 2. The van der Waals surface area contributed by atoms with Crippen molar-refractivity contribution in [2.75, 3.05) is 47.1 Å². The average molecular weight is 321 g/mol. The second-order valence-corrected chi connectivity index (χ2v) is 6.34. The summed E-state index contributed by atoms with van der Waals surface area (Å²) in [6.07, 6.45) is 3.31. The van der Waals surface area contributed by atoms with Gasteiger partial charge >= 0.3 is 0 Å². The normalized spacial score (nSPS) is 12.2. The fourth-order valence-corrected chi connectivity index (χ4v) is 3.20.